The molecule has 0 saturated carbocycles. The van der Waals surface area contributed by atoms with Crippen LogP contribution in [0.1, 0.15) is 42.6 Å². The maximum absolute atomic E-state index is 12.8. The Bertz CT molecular complexity index is 854. The average Bonchev–Trinajstić information content (AvgIpc) is 2.78. The molecule has 3 rings (SSSR count). The number of carbonyl (C=O) groups is 2. The van der Waals surface area contributed by atoms with Crippen molar-refractivity contribution in [1.29, 1.82) is 0 Å². The van der Waals surface area contributed by atoms with Crippen LogP contribution in [0.5, 0.6) is 0 Å². The van der Waals surface area contributed by atoms with E-state index in [4.69, 9.17) is 5.73 Å². The number of nitrogens with one attached hydrogen (secondary N) is 1. The molecular formula is C24H32N4O2. The molecular weight excluding hydrogens is 376 g/mol. The van der Waals surface area contributed by atoms with Gasteiger partial charge in [-0.2, -0.15) is 0 Å². The molecule has 6 nitrogen and oxygen atoms in total. The zero-order valence-corrected chi connectivity index (χ0v) is 17.9. The minimum Gasteiger partial charge on any atom is -0.370 e. The van der Waals surface area contributed by atoms with E-state index in [0.29, 0.717) is 5.56 Å². The molecule has 1 heterocycles. The molecule has 0 radical (unpaired) electrons. The molecule has 6 heteroatoms. The molecule has 160 valence electrons. The van der Waals surface area contributed by atoms with Crippen molar-refractivity contribution in [3.05, 3.63) is 59.7 Å². The van der Waals surface area contributed by atoms with Gasteiger partial charge in [-0.25, -0.2) is 0 Å². The number of rotatable bonds is 8. The SMILES string of the molecule is CCN(CC)Cc1ccc(C(=O)Nc2ccccc2N2CCC(C(N)=O)CC2)cc1. The fraction of sp³-hybridized carbons (Fsp3) is 0.417. The van der Waals surface area contributed by atoms with E-state index in [1.54, 1.807) is 0 Å². The molecule has 0 aromatic heterocycles. The minimum absolute atomic E-state index is 0.0575. The number of piperidine rings is 1. The Labute approximate surface area is 179 Å². The van der Waals surface area contributed by atoms with Crippen molar-refractivity contribution in [2.75, 3.05) is 36.4 Å². The molecule has 0 spiro atoms. The monoisotopic (exact) mass is 408 g/mol. The van der Waals surface area contributed by atoms with Gasteiger partial charge in [-0.3, -0.25) is 14.5 Å². The van der Waals surface area contributed by atoms with Crippen LogP contribution in [0.2, 0.25) is 0 Å². The van der Waals surface area contributed by atoms with Crippen LogP contribution < -0.4 is 16.0 Å². The Morgan fingerprint density at radius 3 is 2.27 bits per heavy atom. The number of amides is 2. The van der Waals surface area contributed by atoms with Gasteiger partial charge < -0.3 is 16.0 Å². The molecule has 2 amide bonds. The molecule has 0 atom stereocenters. The number of benzene rings is 2. The highest BCUT2D eigenvalue weighted by atomic mass is 16.2. The highest BCUT2D eigenvalue weighted by Crippen LogP contribution is 2.30. The number of nitrogens with zero attached hydrogens (tertiary/aromatic N) is 2. The van der Waals surface area contributed by atoms with E-state index in [-0.39, 0.29) is 17.7 Å². The Hall–Kier alpha value is -2.86. The molecule has 1 aliphatic rings. The second-order valence-corrected chi connectivity index (χ2v) is 7.79. The summed E-state index contributed by atoms with van der Waals surface area (Å²) >= 11 is 0. The summed E-state index contributed by atoms with van der Waals surface area (Å²) in [6, 6.07) is 15.6. The van der Waals surface area contributed by atoms with Gasteiger partial charge in [-0.1, -0.05) is 38.1 Å². The van der Waals surface area contributed by atoms with Gasteiger partial charge in [0.1, 0.15) is 0 Å². The molecule has 1 fully saturated rings. The molecule has 0 bridgehead atoms. The predicted molar refractivity (Wildman–Crippen MR) is 122 cm³/mol. The number of carbonyl (C=O) groups excluding carboxylic acids is 2. The zero-order valence-electron chi connectivity index (χ0n) is 17.9. The van der Waals surface area contributed by atoms with E-state index < -0.39 is 0 Å². The van der Waals surface area contributed by atoms with Crippen LogP contribution in [0.25, 0.3) is 0 Å². The lowest BCUT2D eigenvalue weighted by Crippen LogP contribution is -2.38. The second-order valence-electron chi connectivity index (χ2n) is 7.79. The van der Waals surface area contributed by atoms with Gasteiger partial charge in [-0.05, 0) is 55.8 Å². The molecule has 2 aromatic rings. The molecule has 3 N–H and O–H groups in total. The summed E-state index contributed by atoms with van der Waals surface area (Å²) in [5.41, 5.74) is 9.05. The highest BCUT2D eigenvalue weighted by molar-refractivity contribution is 6.06. The van der Waals surface area contributed by atoms with Crippen molar-refractivity contribution < 1.29 is 9.59 Å². The Balaban J connectivity index is 1.67. The summed E-state index contributed by atoms with van der Waals surface area (Å²) in [5.74, 6) is -0.401. The Morgan fingerprint density at radius 1 is 1.03 bits per heavy atom. The number of hydrogen-bond donors (Lipinski definition) is 2. The van der Waals surface area contributed by atoms with Crippen molar-refractivity contribution >= 4 is 23.2 Å². The van der Waals surface area contributed by atoms with Gasteiger partial charge in [0.25, 0.3) is 5.91 Å². The fourth-order valence-electron chi connectivity index (χ4n) is 3.92. The van der Waals surface area contributed by atoms with Crippen molar-refractivity contribution in [3.8, 4) is 0 Å². The first-order valence-electron chi connectivity index (χ1n) is 10.8. The largest absolute Gasteiger partial charge is 0.370 e. The lowest BCUT2D eigenvalue weighted by molar-refractivity contribution is -0.122. The normalized spacial score (nSPS) is 14.7. The van der Waals surface area contributed by atoms with Crippen molar-refractivity contribution in [2.24, 2.45) is 11.7 Å². The lowest BCUT2D eigenvalue weighted by atomic mass is 9.96. The average molecular weight is 409 g/mol. The molecule has 1 saturated heterocycles. The van der Waals surface area contributed by atoms with Crippen LogP contribution in [0.15, 0.2) is 48.5 Å². The number of para-hydroxylation sites is 2. The molecule has 30 heavy (non-hydrogen) atoms. The second kappa shape index (κ2) is 10.3. The minimum atomic E-state index is -0.222. The molecule has 0 unspecified atom stereocenters. The first-order chi connectivity index (χ1) is 14.5. The summed E-state index contributed by atoms with van der Waals surface area (Å²) in [4.78, 5) is 28.8. The summed E-state index contributed by atoms with van der Waals surface area (Å²) in [6.45, 7) is 8.71. The van der Waals surface area contributed by atoms with Crippen LogP contribution in [0.4, 0.5) is 11.4 Å². The molecule has 2 aromatic carbocycles. The van der Waals surface area contributed by atoms with Gasteiger partial charge >= 0.3 is 0 Å². The molecule has 1 aliphatic heterocycles. The standard InChI is InChI=1S/C24H32N4O2/c1-3-27(4-2)17-18-9-11-20(12-10-18)24(30)26-21-7-5-6-8-22(21)28-15-13-19(14-16-28)23(25)29/h5-12,19H,3-4,13-17H2,1-2H3,(H2,25,29)(H,26,30). The highest BCUT2D eigenvalue weighted by Gasteiger charge is 2.24. The maximum Gasteiger partial charge on any atom is 0.255 e. The van der Waals surface area contributed by atoms with E-state index in [1.807, 2.05) is 48.5 Å². The number of hydrogen-bond acceptors (Lipinski definition) is 4. The van der Waals surface area contributed by atoms with Gasteiger partial charge in [0, 0.05) is 31.1 Å². The topological polar surface area (TPSA) is 78.7 Å². The first kappa shape index (κ1) is 21.8. The number of nitrogens with two attached hydrogens (primary N) is 1. The number of anilines is 2. The maximum atomic E-state index is 12.8. The zero-order chi connectivity index (χ0) is 21.5. The first-order valence-corrected chi connectivity index (χ1v) is 10.8. The van der Waals surface area contributed by atoms with Crippen molar-refractivity contribution in [3.63, 3.8) is 0 Å². The number of primary amides is 1. The van der Waals surface area contributed by atoms with Gasteiger partial charge in [0.15, 0.2) is 0 Å². The Morgan fingerprint density at radius 2 is 1.67 bits per heavy atom. The lowest BCUT2D eigenvalue weighted by Gasteiger charge is -2.33. The van der Waals surface area contributed by atoms with E-state index in [1.165, 1.54) is 5.56 Å². The van der Waals surface area contributed by atoms with E-state index in [0.717, 1.165) is 56.9 Å². The van der Waals surface area contributed by atoms with Gasteiger partial charge in [-0.15, -0.1) is 0 Å². The van der Waals surface area contributed by atoms with Gasteiger partial charge in [0.2, 0.25) is 5.91 Å². The fourth-order valence-corrected chi connectivity index (χ4v) is 3.92. The van der Waals surface area contributed by atoms with Crippen molar-refractivity contribution in [1.82, 2.24) is 4.90 Å². The third kappa shape index (κ3) is 5.39. The van der Waals surface area contributed by atoms with Crippen LogP contribution in [0.3, 0.4) is 0 Å². The summed E-state index contributed by atoms with van der Waals surface area (Å²) in [7, 11) is 0. The van der Waals surface area contributed by atoms with Crippen molar-refractivity contribution in [2.45, 2.75) is 33.2 Å². The summed E-state index contributed by atoms with van der Waals surface area (Å²) < 4.78 is 0. The quantitative estimate of drug-likeness (QED) is 0.701. The van der Waals surface area contributed by atoms with Gasteiger partial charge in [0.05, 0.1) is 11.4 Å². The third-order valence-electron chi connectivity index (χ3n) is 5.91. The smallest absolute Gasteiger partial charge is 0.255 e. The van der Waals surface area contributed by atoms with Crippen LogP contribution in [-0.2, 0) is 11.3 Å². The van der Waals surface area contributed by atoms with Crippen LogP contribution >= 0.6 is 0 Å². The van der Waals surface area contributed by atoms with Crippen LogP contribution in [-0.4, -0.2) is 42.9 Å². The summed E-state index contributed by atoms with van der Waals surface area (Å²) in [6.07, 6.45) is 1.48. The van der Waals surface area contributed by atoms with E-state index >= 15 is 0 Å². The van der Waals surface area contributed by atoms with E-state index in [2.05, 4.69) is 29.0 Å². The third-order valence-corrected chi connectivity index (χ3v) is 5.91. The molecule has 0 aliphatic carbocycles. The summed E-state index contributed by atoms with van der Waals surface area (Å²) in [5, 5.41) is 3.06. The Kier molecular flexibility index (Phi) is 7.46. The van der Waals surface area contributed by atoms with Crippen LogP contribution in [0, 0.1) is 5.92 Å². The predicted octanol–water partition coefficient (Wildman–Crippen LogP) is 3.48. The van der Waals surface area contributed by atoms with E-state index in [9.17, 15) is 9.59 Å².